The van der Waals surface area contributed by atoms with Gasteiger partial charge in [0.1, 0.15) is 12.2 Å². The molecule has 2 atom stereocenters. The summed E-state index contributed by atoms with van der Waals surface area (Å²) < 4.78 is 14.3. The van der Waals surface area contributed by atoms with Gasteiger partial charge in [-0.3, -0.25) is 4.79 Å². The lowest BCUT2D eigenvalue weighted by molar-refractivity contribution is -0.280. The van der Waals surface area contributed by atoms with Crippen molar-refractivity contribution < 1.29 is 38.9 Å². The van der Waals surface area contributed by atoms with E-state index >= 15 is 0 Å². The van der Waals surface area contributed by atoms with Crippen LogP contribution in [0.1, 0.15) is 84.0 Å². The second-order valence-electron chi connectivity index (χ2n) is 6.58. The third kappa shape index (κ3) is 14.8. The fourth-order valence-electron chi connectivity index (χ4n) is 2.61. The number of rotatable bonds is 18. The maximum Gasteiger partial charge on any atom is 0.496 e. The Morgan fingerprint density at radius 3 is 1.81 bits per heavy atom. The molecular weight excluding hydrogens is 363 g/mol. The number of ketones is 1. The van der Waals surface area contributed by atoms with Crippen LogP contribution in [0.25, 0.3) is 0 Å². The zero-order chi connectivity index (χ0) is 19.8. The molecule has 0 bridgehead atoms. The Balaban J connectivity index is 3.72. The number of phosphoric acid groups is 1. The number of aliphatic hydroxyl groups excluding tert-OH is 2. The van der Waals surface area contributed by atoms with Crippen molar-refractivity contribution in [2.24, 2.45) is 0 Å². The van der Waals surface area contributed by atoms with Crippen LogP contribution in [-0.2, 0) is 18.9 Å². The van der Waals surface area contributed by atoms with Gasteiger partial charge in [0, 0.05) is 6.42 Å². The van der Waals surface area contributed by atoms with Gasteiger partial charge in [0.05, 0.1) is 6.61 Å². The maximum atomic E-state index is 11.8. The van der Waals surface area contributed by atoms with Gasteiger partial charge in [-0.05, 0) is 6.42 Å². The van der Waals surface area contributed by atoms with E-state index in [4.69, 9.17) is 14.9 Å². The van der Waals surface area contributed by atoms with E-state index < -0.39 is 32.4 Å². The average Bonchev–Trinajstić information content (AvgIpc) is 2.58. The summed E-state index contributed by atoms with van der Waals surface area (Å²) >= 11 is 0. The van der Waals surface area contributed by atoms with Gasteiger partial charge in [-0.1, -0.05) is 71.1 Å². The Kier molecular flexibility index (Phi) is 15.5. The summed E-state index contributed by atoms with van der Waals surface area (Å²) in [7, 11) is -4.91. The van der Waals surface area contributed by atoms with Crippen LogP contribution < -0.4 is 0 Å². The van der Waals surface area contributed by atoms with Crippen molar-refractivity contribution in [1.29, 1.82) is 0 Å². The lowest BCUT2D eigenvalue weighted by Crippen LogP contribution is -2.38. The predicted molar refractivity (Wildman–Crippen MR) is 97.2 cm³/mol. The first-order chi connectivity index (χ1) is 12.3. The molecule has 0 saturated heterocycles. The van der Waals surface area contributed by atoms with Gasteiger partial charge in [0.15, 0.2) is 5.78 Å². The highest BCUT2D eigenvalue weighted by Gasteiger charge is 2.29. The summed E-state index contributed by atoms with van der Waals surface area (Å²) in [6.45, 7) is 1.40. The molecular formula is C17H35O8P. The summed E-state index contributed by atoms with van der Waals surface area (Å²) in [5.41, 5.74) is 0. The molecule has 1 unspecified atom stereocenters. The average molecular weight is 398 g/mol. The number of hydrogen-bond donors (Lipinski definition) is 4. The Labute approximate surface area is 156 Å². The molecule has 0 heterocycles. The Hall–Kier alpha value is -0.340. The zero-order valence-electron chi connectivity index (χ0n) is 15.7. The molecule has 0 aromatic heterocycles. The SMILES string of the molecule is CCCCCCCCCCCCCC(=O)C(O)[C@H](CO)OOP(=O)(O)O. The van der Waals surface area contributed by atoms with Crippen molar-refractivity contribution >= 4 is 13.6 Å². The third-order valence-electron chi connectivity index (χ3n) is 4.15. The van der Waals surface area contributed by atoms with Crippen LogP contribution in [0, 0.1) is 0 Å². The maximum absolute atomic E-state index is 11.8. The highest BCUT2D eigenvalue weighted by Crippen LogP contribution is 2.36. The van der Waals surface area contributed by atoms with Crippen LogP contribution in [0.2, 0.25) is 0 Å². The lowest BCUT2D eigenvalue weighted by atomic mass is 10.0. The van der Waals surface area contributed by atoms with Crippen LogP contribution in [0.3, 0.4) is 0 Å². The van der Waals surface area contributed by atoms with Crippen molar-refractivity contribution in [3.8, 4) is 0 Å². The fourth-order valence-corrected chi connectivity index (χ4v) is 2.84. The van der Waals surface area contributed by atoms with E-state index in [0.29, 0.717) is 6.42 Å². The van der Waals surface area contributed by atoms with Gasteiger partial charge in [0.2, 0.25) is 0 Å². The molecule has 9 heteroatoms. The van der Waals surface area contributed by atoms with Crippen LogP contribution in [0.15, 0.2) is 0 Å². The van der Waals surface area contributed by atoms with E-state index in [1.165, 1.54) is 44.9 Å². The molecule has 0 aromatic rings. The van der Waals surface area contributed by atoms with E-state index in [1.54, 1.807) is 0 Å². The highest BCUT2D eigenvalue weighted by molar-refractivity contribution is 7.46. The summed E-state index contributed by atoms with van der Waals surface area (Å²) in [5.74, 6) is -0.547. The van der Waals surface area contributed by atoms with Gasteiger partial charge in [-0.15, -0.1) is 4.67 Å². The van der Waals surface area contributed by atoms with Gasteiger partial charge in [0.25, 0.3) is 0 Å². The normalized spacial score (nSPS) is 14.3. The van der Waals surface area contributed by atoms with Crippen molar-refractivity contribution in [3.05, 3.63) is 0 Å². The largest absolute Gasteiger partial charge is 0.496 e. The first kappa shape index (κ1) is 25.7. The Bertz CT molecular complexity index is 398. The molecule has 0 fully saturated rings. The molecule has 156 valence electrons. The van der Waals surface area contributed by atoms with E-state index in [-0.39, 0.29) is 6.42 Å². The van der Waals surface area contributed by atoms with Crippen molar-refractivity contribution in [3.63, 3.8) is 0 Å². The Morgan fingerprint density at radius 2 is 1.38 bits per heavy atom. The molecule has 0 radical (unpaired) electrons. The summed E-state index contributed by atoms with van der Waals surface area (Å²) in [6, 6.07) is 0. The second kappa shape index (κ2) is 15.7. The predicted octanol–water partition coefficient (Wildman–Crippen LogP) is 3.02. The number of hydrogen-bond acceptors (Lipinski definition) is 6. The van der Waals surface area contributed by atoms with Crippen molar-refractivity contribution in [2.45, 2.75) is 96.2 Å². The molecule has 0 rings (SSSR count). The quantitative estimate of drug-likeness (QED) is 0.120. The van der Waals surface area contributed by atoms with Crippen LogP contribution in [0.4, 0.5) is 0 Å². The molecule has 26 heavy (non-hydrogen) atoms. The van der Waals surface area contributed by atoms with E-state index in [0.717, 1.165) is 19.3 Å². The molecule has 8 nitrogen and oxygen atoms in total. The molecule has 0 amide bonds. The first-order valence-corrected chi connectivity index (χ1v) is 11.1. The smallest absolute Gasteiger partial charge is 0.393 e. The number of carbonyl (C=O) groups excluding carboxylic acids is 1. The Morgan fingerprint density at radius 1 is 0.923 bits per heavy atom. The second-order valence-corrected chi connectivity index (χ2v) is 7.71. The van der Waals surface area contributed by atoms with Gasteiger partial charge >= 0.3 is 7.82 Å². The van der Waals surface area contributed by atoms with Crippen LogP contribution in [0.5, 0.6) is 0 Å². The molecule has 0 aliphatic carbocycles. The summed E-state index contributed by atoms with van der Waals surface area (Å²) in [5, 5.41) is 18.8. The minimum atomic E-state index is -4.91. The zero-order valence-corrected chi connectivity index (χ0v) is 16.6. The fraction of sp³-hybridized carbons (Fsp3) is 0.941. The van der Waals surface area contributed by atoms with Gasteiger partial charge < -0.3 is 20.0 Å². The molecule has 0 aromatic carbocycles. The lowest BCUT2D eigenvalue weighted by Gasteiger charge is -2.19. The molecule has 0 spiro atoms. The van der Waals surface area contributed by atoms with Gasteiger partial charge in [-0.2, -0.15) is 0 Å². The monoisotopic (exact) mass is 398 g/mol. The van der Waals surface area contributed by atoms with Crippen LogP contribution in [-0.4, -0.2) is 44.6 Å². The van der Waals surface area contributed by atoms with Crippen molar-refractivity contribution in [1.82, 2.24) is 0 Å². The van der Waals surface area contributed by atoms with Crippen molar-refractivity contribution in [2.75, 3.05) is 6.61 Å². The number of carbonyl (C=O) groups is 1. The van der Waals surface area contributed by atoms with E-state index in [1.807, 2.05) is 0 Å². The van der Waals surface area contributed by atoms with E-state index in [2.05, 4.69) is 16.5 Å². The minimum absolute atomic E-state index is 0.119. The molecule has 0 saturated carbocycles. The van der Waals surface area contributed by atoms with E-state index in [9.17, 15) is 14.5 Å². The van der Waals surface area contributed by atoms with Gasteiger partial charge in [-0.25, -0.2) is 9.45 Å². The molecule has 4 N–H and O–H groups in total. The number of Topliss-reactive ketones (excluding diaryl/α,β-unsaturated/α-hetero) is 1. The number of aliphatic hydroxyl groups is 2. The summed E-state index contributed by atoms with van der Waals surface area (Å²) in [6.07, 6.45) is 9.47. The third-order valence-corrected chi connectivity index (χ3v) is 4.43. The summed E-state index contributed by atoms with van der Waals surface area (Å²) in [4.78, 5) is 33.1. The highest BCUT2D eigenvalue weighted by atomic mass is 31.2. The topological polar surface area (TPSA) is 134 Å². The standard InChI is InChI=1S/C17H35O8P/c1-2-3-4-5-6-7-8-9-10-11-12-13-15(19)17(20)16(14-18)24-25-26(21,22)23/h16-18,20H,2-14H2,1H3,(H2,21,22,23)/t16-,17?/m0/s1. The molecule has 0 aliphatic heterocycles. The first-order valence-electron chi connectivity index (χ1n) is 9.54. The minimum Gasteiger partial charge on any atom is -0.393 e. The molecule has 0 aliphatic rings. The number of unbranched alkanes of at least 4 members (excludes halogenated alkanes) is 10. The van der Waals surface area contributed by atoms with Crippen LogP contribution >= 0.6 is 7.82 Å².